The molecule has 0 radical (unpaired) electrons. The number of nitro groups is 1. The van der Waals surface area contributed by atoms with Crippen LogP contribution in [0.2, 0.25) is 0 Å². The Bertz CT molecular complexity index is 603. The summed E-state index contributed by atoms with van der Waals surface area (Å²) in [6.07, 6.45) is 1.29. The zero-order valence-electron chi connectivity index (χ0n) is 10.0. The first-order valence-electron chi connectivity index (χ1n) is 5.79. The highest BCUT2D eigenvalue weighted by Crippen LogP contribution is 2.27. The Balaban J connectivity index is 2.14. The fraction of sp³-hybridized carbons (Fsp3) is 0.455. The first kappa shape index (κ1) is 14.5. The summed E-state index contributed by atoms with van der Waals surface area (Å²) < 4.78 is 24.1. The molecule has 0 aliphatic carbocycles. The summed E-state index contributed by atoms with van der Waals surface area (Å²) in [5.41, 5.74) is 0.342. The van der Waals surface area contributed by atoms with Crippen LogP contribution in [0.3, 0.4) is 0 Å². The van der Waals surface area contributed by atoms with E-state index >= 15 is 0 Å². The van der Waals surface area contributed by atoms with E-state index in [9.17, 15) is 18.5 Å². The van der Waals surface area contributed by atoms with Crippen LogP contribution in [0.5, 0.6) is 0 Å². The van der Waals surface area contributed by atoms with Gasteiger partial charge in [0.2, 0.25) is 0 Å². The number of halogens is 1. The molecule has 0 aromatic heterocycles. The number of rotatable bonds is 4. The zero-order chi connectivity index (χ0) is 14.0. The molecule has 2 rings (SSSR count). The highest BCUT2D eigenvalue weighted by atomic mass is 127. The van der Waals surface area contributed by atoms with E-state index in [2.05, 4.69) is 5.32 Å². The third-order valence-corrected chi connectivity index (χ3v) is 6.09. The van der Waals surface area contributed by atoms with Crippen molar-refractivity contribution in [1.29, 1.82) is 0 Å². The molecule has 1 fully saturated rings. The highest BCUT2D eigenvalue weighted by Gasteiger charge is 2.31. The fourth-order valence-electron chi connectivity index (χ4n) is 2.12. The lowest BCUT2D eigenvalue weighted by atomic mass is 10.2. The predicted octanol–water partition coefficient (Wildman–Crippen LogP) is 2.19. The van der Waals surface area contributed by atoms with Crippen molar-refractivity contribution < 1.29 is 13.3 Å². The number of anilines is 1. The van der Waals surface area contributed by atoms with Crippen LogP contribution in [-0.4, -0.2) is 30.9 Å². The van der Waals surface area contributed by atoms with Gasteiger partial charge in [0, 0.05) is 16.2 Å². The van der Waals surface area contributed by atoms with Crippen molar-refractivity contribution in [3.63, 3.8) is 0 Å². The standard InChI is InChI=1S/C11H13IN2O4S/c12-8-3-4-10(11(6-8)14(15)16)13-7-9-2-1-5-19(9,17)18/h3-4,6,9,13H,1-2,5,7H2. The minimum Gasteiger partial charge on any atom is -0.378 e. The predicted molar refractivity (Wildman–Crippen MR) is 81.1 cm³/mol. The number of sulfone groups is 1. The number of nitrogens with zero attached hydrogens (tertiary/aromatic N) is 1. The first-order chi connectivity index (χ1) is 8.90. The van der Waals surface area contributed by atoms with Gasteiger partial charge in [-0.2, -0.15) is 0 Å². The molecule has 1 unspecified atom stereocenters. The van der Waals surface area contributed by atoms with Crippen LogP contribution < -0.4 is 5.32 Å². The van der Waals surface area contributed by atoms with Crippen molar-refractivity contribution in [1.82, 2.24) is 0 Å². The number of nitro benzene ring substituents is 1. The molecule has 1 aliphatic heterocycles. The number of benzene rings is 1. The van der Waals surface area contributed by atoms with Crippen LogP contribution in [0.25, 0.3) is 0 Å². The lowest BCUT2D eigenvalue weighted by Gasteiger charge is -2.12. The molecule has 1 aromatic carbocycles. The van der Waals surface area contributed by atoms with E-state index < -0.39 is 20.0 Å². The van der Waals surface area contributed by atoms with Gasteiger partial charge in [-0.25, -0.2) is 8.42 Å². The molecule has 1 saturated heterocycles. The van der Waals surface area contributed by atoms with Gasteiger partial charge >= 0.3 is 0 Å². The van der Waals surface area contributed by atoms with E-state index in [0.717, 1.165) is 3.57 Å². The van der Waals surface area contributed by atoms with Gasteiger partial charge in [0.25, 0.3) is 5.69 Å². The van der Waals surface area contributed by atoms with Gasteiger partial charge in [-0.05, 0) is 47.6 Å². The van der Waals surface area contributed by atoms with E-state index in [-0.39, 0.29) is 18.0 Å². The summed E-state index contributed by atoms with van der Waals surface area (Å²) in [7, 11) is -3.03. The smallest absolute Gasteiger partial charge is 0.293 e. The lowest BCUT2D eigenvalue weighted by molar-refractivity contribution is -0.384. The summed E-state index contributed by atoms with van der Waals surface area (Å²) >= 11 is 2.00. The van der Waals surface area contributed by atoms with Gasteiger partial charge in [-0.15, -0.1) is 0 Å². The second-order valence-electron chi connectivity index (χ2n) is 4.43. The average Bonchev–Trinajstić information content (AvgIpc) is 2.66. The van der Waals surface area contributed by atoms with Crippen molar-refractivity contribution in [2.24, 2.45) is 0 Å². The molecule has 1 aliphatic rings. The molecule has 8 heteroatoms. The molecule has 0 saturated carbocycles. The fourth-order valence-corrected chi connectivity index (χ4v) is 4.36. The Hall–Kier alpha value is -0.900. The lowest BCUT2D eigenvalue weighted by Crippen LogP contribution is -2.25. The van der Waals surface area contributed by atoms with Gasteiger partial charge in [-0.1, -0.05) is 0 Å². The summed E-state index contributed by atoms with van der Waals surface area (Å²) in [4.78, 5) is 10.5. The van der Waals surface area contributed by atoms with Gasteiger partial charge in [0.05, 0.1) is 15.9 Å². The molecule has 1 atom stereocenters. The molecule has 104 valence electrons. The van der Waals surface area contributed by atoms with Gasteiger partial charge < -0.3 is 5.32 Å². The van der Waals surface area contributed by atoms with Crippen LogP contribution in [-0.2, 0) is 9.84 Å². The molecular formula is C11H13IN2O4S. The van der Waals surface area contributed by atoms with E-state index in [0.29, 0.717) is 18.5 Å². The van der Waals surface area contributed by atoms with Gasteiger partial charge in [-0.3, -0.25) is 10.1 Å². The molecule has 1 N–H and O–H groups in total. The van der Waals surface area contributed by atoms with Crippen LogP contribution in [0, 0.1) is 13.7 Å². The number of hydrogen-bond donors (Lipinski definition) is 1. The summed E-state index contributed by atoms with van der Waals surface area (Å²) in [6, 6.07) is 4.83. The molecule has 6 nitrogen and oxygen atoms in total. The van der Waals surface area contributed by atoms with Crippen molar-refractivity contribution in [3.05, 3.63) is 31.9 Å². The Kier molecular flexibility index (Phi) is 4.29. The van der Waals surface area contributed by atoms with Crippen molar-refractivity contribution in [3.8, 4) is 0 Å². The minimum absolute atomic E-state index is 0.0257. The average molecular weight is 396 g/mol. The van der Waals surface area contributed by atoms with Gasteiger partial charge in [0.1, 0.15) is 5.69 Å². The molecule has 0 amide bonds. The monoisotopic (exact) mass is 396 g/mol. The number of nitrogens with one attached hydrogen (secondary N) is 1. The maximum absolute atomic E-state index is 11.7. The highest BCUT2D eigenvalue weighted by molar-refractivity contribution is 14.1. The summed E-state index contributed by atoms with van der Waals surface area (Å²) in [5.74, 6) is 0.216. The summed E-state index contributed by atoms with van der Waals surface area (Å²) in [5, 5.41) is 13.4. The van der Waals surface area contributed by atoms with Gasteiger partial charge in [0.15, 0.2) is 9.84 Å². The first-order valence-corrected chi connectivity index (χ1v) is 8.59. The Morgan fingerprint density at radius 3 is 2.79 bits per heavy atom. The van der Waals surface area contributed by atoms with E-state index in [1.807, 2.05) is 22.6 Å². The maximum atomic E-state index is 11.7. The van der Waals surface area contributed by atoms with Crippen LogP contribution in [0.1, 0.15) is 12.8 Å². The van der Waals surface area contributed by atoms with Crippen LogP contribution in [0.4, 0.5) is 11.4 Å². The molecule has 0 spiro atoms. The minimum atomic E-state index is -3.03. The molecular weight excluding hydrogens is 383 g/mol. The Morgan fingerprint density at radius 1 is 1.47 bits per heavy atom. The van der Waals surface area contributed by atoms with Crippen LogP contribution in [0.15, 0.2) is 18.2 Å². The van der Waals surface area contributed by atoms with Crippen molar-refractivity contribution in [2.45, 2.75) is 18.1 Å². The normalized spacial score (nSPS) is 21.2. The second kappa shape index (κ2) is 5.61. The zero-order valence-corrected chi connectivity index (χ0v) is 13.0. The molecule has 1 heterocycles. The number of hydrogen-bond acceptors (Lipinski definition) is 5. The van der Waals surface area contributed by atoms with E-state index in [4.69, 9.17) is 0 Å². The molecule has 0 bridgehead atoms. The summed E-state index contributed by atoms with van der Waals surface area (Å²) in [6.45, 7) is 0.226. The topological polar surface area (TPSA) is 89.3 Å². The Labute approximate surface area is 124 Å². The second-order valence-corrected chi connectivity index (χ2v) is 8.08. The third kappa shape index (κ3) is 3.35. The largest absolute Gasteiger partial charge is 0.378 e. The quantitative estimate of drug-likeness (QED) is 0.479. The molecule has 19 heavy (non-hydrogen) atoms. The SMILES string of the molecule is O=[N+]([O-])c1cc(I)ccc1NCC1CCCS1(=O)=O. The molecule has 1 aromatic rings. The van der Waals surface area contributed by atoms with Crippen molar-refractivity contribution >= 4 is 43.8 Å². The maximum Gasteiger partial charge on any atom is 0.293 e. The van der Waals surface area contributed by atoms with E-state index in [1.54, 1.807) is 12.1 Å². The van der Waals surface area contributed by atoms with Crippen molar-refractivity contribution in [2.75, 3.05) is 17.6 Å². The Morgan fingerprint density at radius 2 is 2.21 bits per heavy atom. The third-order valence-electron chi connectivity index (χ3n) is 3.14. The van der Waals surface area contributed by atoms with E-state index in [1.165, 1.54) is 6.07 Å². The van der Waals surface area contributed by atoms with Crippen LogP contribution >= 0.6 is 22.6 Å².